The molecule has 7 heteroatoms. The molecule has 4 rings (SSSR count). The lowest BCUT2D eigenvalue weighted by molar-refractivity contribution is 0.576. The zero-order chi connectivity index (χ0) is 16.2. The van der Waals surface area contributed by atoms with Crippen LogP contribution in [0.15, 0.2) is 48.9 Å². The molecule has 0 saturated carbocycles. The Morgan fingerprint density at radius 3 is 2.08 bits per heavy atom. The summed E-state index contributed by atoms with van der Waals surface area (Å²) in [5.41, 5.74) is 0. The van der Waals surface area contributed by atoms with E-state index in [0.717, 1.165) is 50.9 Å². The van der Waals surface area contributed by atoms with Crippen LogP contribution in [-0.2, 0) is 0 Å². The number of anilines is 3. The van der Waals surface area contributed by atoms with Gasteiger partial charge in [0.1, 0.15) is 0 Å². The minimum Gasteiger partial charge on any atom is -0.337 e. The number of nitrogens with one attached hydrogen (secondary N) is 1. The standard InChI is InChI=1S/C17H21N7/c1-3-9-22(10-4-1)15-16(23-11-5-2-6-12-23)20-21-17(19-15)24-13-7-18-8-14-24/h1-6,9,11,18H,7-8,10,12-14H2. The lowest BCUT2D eigenvalue weighted by atomic mass is 10.3. The Hall–Kier alpha value is -2.67. The van der Waals surface area contributed by atoms with Crippen LogP contribution in [0.25, 0.3) is 0 Å². The van der Waals surface area contributed by atoms with Crippen LogP contribution in [0.1, 0.15) is 0 Å². The third kappa shape index (κ3) is 3.03. The van der Waals surface area contributed by atoms with E-state index >= 15 is 0 Å². The summed E-state index contributed by atoms with van der Waals surface area (Å²) < 4.78 is 0. The Balaban J connectivity index is 1.69. The van der Waals surface area contributed by atoms with Gasteiger partial charge in [-0.3, -0.25) is 0 Å². The van der Waals surface area contributed by atoms with Gasteiger partial charge in [0.2, 0.25) is 5.95 Å². The molecule has 0 aromatic carbocycles. The second kappa shape index (κ2) is 6.84. The van der Waals surface area contributed by atoms with Crippen molar-refractivity contribution in [3.05, 3.63) is 48.9 Å². The van der Waals surface area contributed by atoms with E-state index in [1.54, 1.807) is 0 Å². The van der Waals surface area contributed by atoms with E-state index in [2.05, 4.69) is 42.4 Å². The minimum absolute atomic E-state index is 0.703. The Morgan fingerprint density at radius 1 is 0.792 bits per heavy atom. The molecule has 7 nitrogen and oxygen atoms in total. The number of nitrogens with zero attached hydrogens (tertiary/aromatic N) is 6. The first-order chi connectivity index (χ1) is 11.9. The van der Waals surface area contributed by atoms with Crippen LogP contribution in [0.3, 0.4) is 0 Å². The summed E-state index contributed by atoms with van der Waals surface area (Å²) in [4.78, 5) is 11.2. The monoisotopic (exact) mass is 323 g/mol. The number of hydrogen-bond acceptors (Lipinski definition) is 7. The van der Waals surface area contributed by atoms with E-state index in [0.29, 0.717) is 5.95 Å². The van der Waals surface area contributed by atoms with Gasteiger partial charge in [0, 0.05) is 51.7 Å². The average molecular weight is 323 g/mol. The molecule has 1 N–H and O–H groups in total. The van der Waals surface area contributed by atoms with Crippen LogP contribution >= 0.6 is 0 Å². The number of rotatable bonds is 3. The normalized spacial score (nSPS) is 20.1. The van der Waals surface area contributed by atoms with Crippen molar-refractivity contribution >= 4 is 17.6 Å². The molecule has 3 aliphatic heterocycles. The first-order valence-electron chi connectivity index (χ1n) is 8.32. The first-order valence-corrected chi connectivity index (χ1v) is 8.32. The Bertz CT molecular complexity index is 701. The third-order valence-corrected chi connectivity index (χ3v) is 4.21. The van der Waals surface area contributed by atoms with E-state index in [-0.39, 0.29) is 0 Å². The van der Waals surface area contributed by atoms with Gasteiger partial charge in [-0.05, 0) is 12.2 Å². The maximum atomic E-state index is 4.86. The smallest absolute Gasteiger partial charge is 0.247 e. The molecular formula is C17H21N7. The molecule has 24 heavy (non-hydrogen) atoms. The Labute approximate surface area is 141 Å². The lowest BCUT2D eigenvalue weighted by Crippen LogP contribution is -2.44. The third-order valence-electron chi connectivity index (χ3n) is 4.21. The summed E-state index contributed by atoms with van der Waals surface area (Å²) >= 11 is 0. The van der Waals surface area contributed by atoms with E-state index in [9.17, 15) is 0 Å². The maximum Gasteiger partial charge on any atom is 0.247 e. The van der Waals surface area contributed by atoms with Gasteiger partial charge < -0.3 is 20.0 Å². The SMILES string of the molecule is C1=CCN(c2nnc(N3CCNCC3)nc2N2C=CC=CC2)C=C1. The number of hydrogen-bond donors (Lipinski definition) is 1. The largest absolute Gasteiger partial charge is 0.337 e. The molecule has 0 spiro atoms. The van der Waals surface area contributed by atoms with Gasteiger partial charge in [-0.25, -0.2) is 0 Å². The zero-order valence-electron chi connectivity index (χ0n) is 13.5. The molecule has 1 fully saturated rings. The van der Waals surface area contributed by atoms with Gasteiger partial charge in [0.15, 0.2) is 11.6 Å². The molecule has 0 bridgehead atoms. The molecule has 0 aliphatic carbocycles. The van der Waals surface area contributed by atoms with E-state index in [4.69, 9.17) is 4.98 Å². The molecule has 0 radical (unpaired) electrons. The number of piperazine rings is 1. The van der Waals surface area contributed by atoms with E-state index in [1.807, 2.05) is 36.7 Å². The molecule has 124 valence electrons. The van der Waals surface area contributed by atoms with E-state index in [1.165, 1.54) is 0 Å². The molecular weight excluding hydrogens is 302 g/mol. The molecule has 0 unspecified atom stereocenters. The van der Waals surface area contributed by atoms with Crippen LogP contribution in [0, 0.1) is 0 Å². The van der Waals surface area contributed by atoms with Crippen LogP contribution < -0.4 is 20.0 Å². The van der Waals surface area contributed by atoms with Crippen molar-refractivity contribution < 1.29 is 0 Å². The maximum absolute atomic E-state index is 4.86. The summed E-state index contributed by atoms with van der Waals surface area (Å²) in [6.07, 6.45) is 16.4. The fourth-order valence-corrected chi connectivity index (χ4v) is 2.93. The van der Waals surface area contributed by atoms with Crippen LogP contribution in [-0.4, -0.2) is 54.4 Å². The molecule has 1 saturated heterocycles. The zero-order valence-corrected chi connectivity index (χ0v) is 13.5. The lowest BCUT2D eigenvalue weighted by Gasteiger charge is -2.30. The predicted octanol–water partition coefficient (Wildman–Crippen LogP) is 1.06. The highest BCUT2D eigenvalue weighted by atomic mass is 15.4. The Morgan fingerprint density at radius 2 is 1.46 bits per heavy atom. The van der Waals surface area contributed by atoms with Crippen molar-refractivity contribution in [2.24, 2.45) is 0 Å². The summed E-state index contributed by atoms with van der Waals surface area (Å²) in [5, 5.41) is 12.3. The molecule has 3 aliphatic rings. The van der Waals surface area contributed by atoms with Crippen LogP contribution in [0.2, 0.25) is 0 Å². The van der Waals surface area contributed by atoms with Crippen molar-refractivity contribution in [3.63, 3.8) is 0 Å². The number of aromatic nitrogens is 3. The molecule has 1 aromatic rings. The highest BCUT2D eigenvalue weighted by molar-refractivity contribution is 5.67. The summed E-state index contributed by atoms with van der Waals surface area (Å²) in [6, 6.07) is 0. The van der Waals surface area contributed by atoms with Crippen molar-refractivity contribution in [2.45, 2.75) is 0 Å². The Kier molecular flexibility index (Phi) is 4.24. The second-order valence-electron chi connectivity index (χ2n) is 5.84. The number of allylic oxidation sites excluding steroid dienone is 4. The summed E-state index contributed by atoms with van der Waals surface area (Å²) in [6.45, 7) is 5.28. The summed E-state index contributed by atoms with van der Waals surface area (Å²) in [5.74, 6) is 2.34. The highest BCUT2D eigenvalue weighted by Crippen LogP contribution is 2.28. The average Bonchev–Trinajstić information content (AvgIpc) is 2.69. The molecule has 4 heterocycles. The highest BCUT2D eigenvalue weighted by Gasteiger charge is 2.22. The molecule has 0 atom stereocenters. The van der Waals surface area contributed by atoms with Gasteiger partial charge >= 0.3 is 0 Å². The van der Waals surface area contributed by atoms with Crippen LogP contribution in [0.4, 0.5) is 17.6 Å². The quantitative estimate of drug-likeness (QED) is 0.892. The van der Waals surface area contributed by atoms with Gasteiger partial charge in [-0.15, -0.1) is 10.2 Å². The van der Waals surface area contributed by atoms with Crippen molar-refractivity contribution in [1.29, 1.82) is 0 Å². The van der Waals surface area contributed by atoms with Crippen molar-refractivity contribution in [3.8, 4) is 0 Å². The van der Waals surface area contributed by atoms with Gasteiger partial charge in [0.05, 0.1) is 0 Å². The topological polar surface area (TPSA) is 60.4 Å². The van der Waals surface area contributed by atoms with E-state index < -0.39 is 0 Å². The fourth-order valence-electron chi connectivity index (χ4n) is 2.93. The van der Waals surface area contributed by atoms with Crippen molar-refractivity contribution in [1.82, 2.24) is 20.5 Å². The minimum atomic E-state index is 0.703. The van der Waals surface area contributed by atoms with Gasteiger partial charge in [0.25, 0.3) is 0 Å². The van der Waals surface area contributed by atoms with Crippen LogP contribution in [0.5, 0.6) is 0 Å². The van der Waals surface area contributed by atoms with Crippen molar-refractivity contribution in [2.75, 3.05) is 54.0 Å². The molecule has 1 aromatic heterocycles. The predicted molar refractivity (Wildman–Crippen MR) is 96.2 cm³/mol. The molecule has 0 amide bonds. The second-order valence-corrected chi connectivity index (χ2v) is 5.84. The van der Waals surface area contributed by atoms with Gasteiger partial charge in [-0.2, -0.15) is 4.98 Å². The van der Waals surface area contributed by atoms with Gasteiger partial charge in [-0.1, -0.05) is 24.3 Å². The summed E-state index contributed by atoms with van der Waals surface area (Å²) in [7, 11) is 0. The fraction of sp³-hybridized carbons (Fsp3) is 0.353. The first kappa shape index (κ1) is 14.9.